The number of ether oxygens (including phenoxy) is 1. The summed E-state index contributed by atoms with van der Waals surface area (Å²) in [6, 6.07) is 9.91. The van der Waals surface area contributed by atoms with Crippen LogP contribution in [-0.4, -0.2) is 34.3 Å². The standard InChI is InChI=1S/C20H17N7O/c1-13-24-25-17(14-7-4-3-5-8-14)19-23-20(18(27(13)19)15-9-6-10-15)28-11-16-21-12-22-26(16)2/h3-10,12H,11H2,1-2H3. The Kier molecular flexibility index (Phi) is 3.75. The second kappa shape index (κ2) is 6.41. The summed E-state index contributed by atoms with van der Waals surface area (Å²) in [4.78, 5) is 9.00. The predicted molar refractivity (Wildman–Crippen MR) is 103 cm³/mol. The monoisotopic (exact) mass is 371 g/mol. The van der Waals surface area contributed by atoms with Gasteiger partial charge in [-0.25, -0.2) is 4.98 Å². The number of nitrogens with zero attached hydrogens (tertiary/aromatic N) is 7. The highest BCUT2D eigenvalue weighted by Crippen LogP contribution is 2.34. The molecule has 0 fully saturated rings. The number of allylic oxidation sites excluding steroid dienone is 4. The van der Waals surface area contributed by atoms with E-state index in [1.54, 1.807) is 4.68 Å². The van der Waals surface area contributed by atoms with Crippen molar-refractivity contribution in [3.63, 3.8) is 0 Å². The Morgan fingerprint density at radius 1 is 1.11 bits per heavy atom. The van der Waals surface area contributed by atoms with E-state index in [4.69, 9.17) is 9.72 Å². The van der Waals surface area contributed by atoms with Crippen LogP contribution in [0.25, 0.3) is 22.5 Å². The van der Waals surface area contributed by atoms with E-state index in [1.807, 2.05) is 66.9 Å². The van der Waals surface area contributed by atoms with Gasteiger partial charge in [0.05, 0.1) is 0 Å². The van der Waals surface area contributed by atoms with Crippen LogP contribution in [0.2, 0.25) is 0 Å². The summed E-state index contributed by atoms with van der Waals surface area (Å²) in [7, 11) is 1.83. The number of imidazole rings is 1. The molecule has 5 rings (SSSR count). The third kappa shape index (κ3) is 2.58. The predicted octanol–water partition coefficient (Wildman–Crippen LogP) is 2.76. The third-order valence-corrected chi connectivity index (χ3v) is 4.69. The first-order chi connectivity index (χ1) is 13.7. The molecule has 0 unspecified atom stereocenters. The van der Waals surface area contributed by atoms with E-state index in [-0.39, 0.29) is 6.61 Å². The van der Waals surface area contributed by atoms with Gasteiger partial charge in [0.2, 0.25) is 5.88 Å². The molecule has 0 saturated heterocycles. The van der Waals surface area contributed by atoms with Crippen molar-refractivity contribution < 1.29 is 4.74 Å². The molecule has 0 aliphatic heterocycles. The molecule has 0 spiro atoms. The molecular formula is C20H17N7O. The topological polar surface area (TPSA) is 83.0 Å². The van der Waals surface area contributed by atoms with Crippen LogP contribution in [0.15, 0.2) is 54.9 Å². The first-order valence-electron chi connectivity index (χ1n) is 8.88. The van der Waals surface area contributed by atoms with E-state index in [9.17, 15) is 0 Å². The third-order valence-electron chi connectivity index (χ3n) is 4.69. The number of hydrogen-bond donors (Lipinski definition) is 0. The SMILES string of the molecule is Cc1nnc(-c2ccccc2)c2nc(OCc3ncnn3C)c(C3=CC=C3)n12. The highest BCUT2D eigenvalue weighted by atomic mass is 16.5. The number of aromatic nitrogens is 7. The van der Waals surface area contributed by atoms with Crippen molar-refractivity contribution in [1.29, 1.82) is 0 Å². The molecule has 1 aromatic carbocycles. The van der Waals surface area contributed by atoms with Crippen LogP contribution < -0.4 is 4.74 Å². The minimum Gasteiger partial charge on any atom is -0.468 e. The van der Waals surface area contributed by atoms with Gasteiger partial charge in [-0.2, -0.15) is 10.1 Å². The highest BCUT2D eigenvalue weighted by molar-refractivity contribution is 5.85. The lowest BCUT2D eigenvalue weighted by Gasteiger charge is -2.12. The fourth-order valence-corrected chi connectivity index (χ4v) is 3.16. The Hall–Kier alpha value is -3.81. The van der Waals surface area contributed by atoms with Crippen molar-refractivity contribution >= 4 is 11.2 Å². The molecule has 3 heterocycles. The molecule has 8 heteroatoms. The fraction of sp³-hybridized carbons (Fsp3) is 0.150. The average molecular weight is 371 g/mol. The number of aryl methyl sites for hydroxylation is 2. The van der Waals surface area contributed by atoms with E-state index in [0.29, 0.717) is 17.2 Å². The maximum Gasteiger partial charge on any atom is 0.241 e. The van der Waals surface area contributed by atoms with Gasteiger partial charge in [-0.3, -0.25) is 9.08 Å². The summed E-state index contributed by atoms with van der Waals surface area (Å²) in [5.74, 6) is 1.98. The highest BCUT2D eigenvalue weighted by Gasteiger charge is 2.23. The Labute approximate surface area is 160 Å². The van der Waals surface area contributed by atoms with E-state index in [0.717, 1.165) is 28.5 Å². The van der Waals surface area contributed by atoms with Crippen molar-refractivity contribution in [1.82, 2.24) is 34.3 Å². The van der Waals surface area contributed by atoms with Crippen LogP contribution in [0.3, 0.4) is 0 Å². The van der Waals surface area contributed by atoms with E-state index < -0.39 is 0 Å². The molecule has 0 saturated carbocycles. The number of fused-ring (bicyclic) bond motifs is 1. The Morgan fingerprint density at radius 3 is 2.61 bits per heavy atom. The van der Waals surface area contributed by atoms with Gasteiger partial charge < -0.3 is 4.74 Å². The molecule has 0 atom stereocenters. The quantitative estimate of drug-likeness (QED) is 0.536. The fourth-order valence-electron chi connectivity index (χ4n) is 3.16. The molecule has 0 bridgehead atoms. The molecular weight excluding hydrogens is 354 g/mol. The average Bonchev–Trinajstić information content (AvgIpc) is 3.24. The normalized spacial score (nSPS) is 12.9. The van der Waals surface area contributed by atoms with Crippen LogP contribution >= 0.6 is 0 Å². The van der Waals surface area contributed by atoms with Crippen molar-refractivity contribution in [3.05, 3.63) is 72.2 Å². The van der Waals surface area contributed by atoms with Gasteiger partial charge in [0.25, 0.3) is 0 Å². The Morgan fingerprint density at radius 2 is 1.93 bits per heavy atom. The van der Waals surface area contributed by atoms with Gasteiger partial charge in [0.1, 0.15) is 30.1 Å². The van der Waals surface area contributed by atoms with Gasteiger partial charge >= 0.3 is 0 Å². The zero-order valence-electron chi connectivity index (χ0n) is 15.4. The van der Waals surface area contributed by atoms with Crippen LogP contribution in [-0.2, 0) is 13.7 Å². The number of hydrogen-bond acceptors (Lipinski definition) is 6. The van der Waals surface area contributed by atoms with Gasteiger partial charge in [-0.1, -0.05) is 48.6 Å². The van der Waals surface area contributed by atoms with Crippen molar-refractivity contribution in [2.45, 2.75) is 13.5 Å². The molecule has 28 heavy (non-hydrogen) atoms. The molecule has 3 aromatic heterocycles. The lowest BCUT2D eigenvalue weighted by atomic mass is 10.1. The molecule has 138 valence electrons. The van der Waals surface area contributed by atoms with Crippen molar-refractivity contribution in [2.75, 3.05) is 0 Å². The lowest BCUT2D eigenvalue weighted by Crippen LogP contribution is -2.07. The summed E-state index contributed by atoms with van der Waals surface area (Å²) >= 11 is 0. The van der Waals surface area contributed by atoms with E-state index >= 15 is 0 Å². The minimum absolute atomic E-state index is 0.269. The second-order valence-electron chi connectivity index (χ2n) is 6.46. The number of benzene rings is 1. The molecule has 0 radical (unpaired) electrons. The van der Waals surface area contributed by atoms with Crippen molar-refractivity contribution in [3.8, 4) is 17.1 Å². The molecule has 0 N–H and O–H groups in total. The van der Waals surface area contributed by atoms with Gasteiger partial charge in [0.15, 0.2) is 11.5 Å². The Bertz CT molecular complexity index is 1230. The first kappa shape index (κ1) is 16.4. The number of rotatable bonds is 5. The summed E-state index contributed by atoms with van der Waals surface area (Å²) < 4.78 is 9.74. The molecule has 0 amide bonds. The minimum atomic E-state index is 0.269. The molecule has 4 aromatic rings. The lowest BCUT2D eigenvalue weighted by molar-refractivity contribution is 0.279. The first-order valence-corrected chi connectivity index (χ1v) is 8.88. The van der Waals surface area contributed by atoms with Crippen LogP contribution in [0.4, 0.5) is 0 Å². The summed E-state index contributed by atoms with van der Waals surface area (Å²) in [5, 5.41) is 12.8. The van der Waals surface area contributed by atoms with E-state index in [1.165, 1.54) is 6.33 Å². The van der Waals surface area contributed by atoms with Gasteiger partial charge in [-0.05, 0) is 6.92 Å². The summed E-state index contributed by atoms with van der Waals surface area (Å²) in [6.45, 7) is 2.18. The maximum absolute atomic E-state index is 6.06. The van der Waals surface area contributed by atoms with Crippen LogP contribution in [0.5, 0.6) is 5.88 Å². The van der Waals surface area contributed by atoms with Gasteiger partial charge in [0, 0.05) is 18.2 Å². The zero-order valence-corrected chi connectivity index (χ0v) is 15.4. The largest absolute Gasteiger partial charge is 0.468 e. The zero-order chi connectivity index (χ0) is 19.1. The van der Waals surface area contributed by atoms with Crippen LogP contribution in [0.1, 0.15) is 17.3 Å². The molecule has 8 nitrogen and oxygen atoms in total. The summed E-state index contributed by atoms with van der Waals surface area (Å²) in [5.41, 5.74) is 4.28. The maximum atomic E-state index is 6.06. The van der Waals surface area contributed by atoms with Crippen molar-refractivity contribution in [2.24, 2.45) is 7.05 Å². The second-order valence-corrected chi connectivity index (χ2v) is 6.46. The molecule has 1 aliphatic carbocycles. The van der Waals surface area contributed by atoms with E-state index in [2.05, 4.69) is 20.3 Å². The summed E-state index contributed by atoms with van der Waals surface area (Å²) in [6.07, 6.45) is 7.55. The smallest absolute Gasteiger partial charge is 0.241 e. The Balaban J connectivity index is 1.67. The molecule has 1 aliphatic rings. The van der Waals surface area contributed by atoms with Crippen LogP contribution in [0, 0.1) is 6.92 Å². The van der Waals surface area contributed by atoms with Gasteiger partial charge in [-0.15, -0.1) is 10.2 Å².